The fourth-order valence-corrected chi connectivity index (χ4v) is 4.64. The molecule has 0 aromatic heterocycles. The molecular formula is C31H35ClN2O5. The van der Waals surface area contributed by atoms with Crippen molar-refractivity contribution in [2.24, 2.45) is 0 Å². The van der Waals surface area contributed by atoms with Crippen LogP contribution in [0.1, 0.15) is 55.1 Å². The summed E-state index contributed by atoms with van der Waals surface area (Å²) in [7, 11) is 0. The van der Waals surface area contributed by atoms with Gasteiger partial charge < -0.3 is 24.4 Å². The van der Waals surface area contributed by atoms with Crippen LogP contribution in [0, 0.1) is 0 Å². The third kappa shape index (κ3) is 7.90. The summed E-state index contributed by atoms with van der Waals surface area (Å²) in [5.74, 6) is 0.402. The fraction of sp³-hybridized carbons (Fsp3) is 0.355. The smallest absolute Gasteiger partial charge is 0.410 e. The van der Waals surface area contributed by atoms with Crippen LogP contribution in [0.5, 0.6) is 11.5 Å². The second-order valence-corrected chi connectivity index (χ2v) is 10.9. The molecule has 39 heavy (non-hydrogen) atoms. The van der Waals surface area contributed by atoms with Gasteiger partial charge in [0.25, 0.3) is 5.91 Å². The Kier molecular flexibility index (Phi) is 9.36. The van der Waals surface area contributed by atoms with Gasteiger partial charge in [-0.3, -0.25) is 4.79 Å². The molecule has 1 saturated heterocycles. The van der Waals surface area contributed by atoms with E-state index in [2.05, 4.69) is 5.32 Å². The zero-order valence-electron chi connectivity index (χ0n) is 22.6. The predicted molar refractivity (Wildman–Crippen MR) is 151 cm³/mol. The lowest BCUT2D eigenvalue weighted by molar-refractivity contribution is 0.0225. The molecule has 0 bridgehead atoms. The molecule has 1 N–H and O–H groups in total. The van der Waals surface area contributed by atoms with Crippen LogP contribution < -0.4 is 14.8 Å². The molecule has 206 valence electrons. The molecule has 7 nitrogen and oxygen atoms in total. The van der Waals surface area contributed by atoms with Crippen LogP contribution in [-0.4, -0.2) is 41.6 Å². The van der Waals surface area contributed by atoms with Gasteiger partial charge in [-0.15, -0.1) is 0 Å². The number of ether oxygens (including phenoxy) is 3. The number of carbonyl (C=O) groups is 2. The number of carbonyl (C=O) groups excluding carboxylic acids is 2. The van der Waals surface area contributed by atoms with E-state index >= 15 is 0 Å². The van der Waals surface area contributed by atoms with Crippen LogP contribution in [0.2, 0.25) is 5.02 Å². The monoisotopic (exact) mass is 550 g/mol. The van der Waals surface area contributed by atoms with Crippen LogP contribution in [0.25, 0.3) is 0 Å². The number of amides is 2. The highest BCUT2D eigenvalue weighted by atomic mass is 35.5. The summed E-state index contributed by atoms with van der Waals surface area (Å²) in [6.07, 6.45) is 1.27. The summed E-state index contributed by atoms with van der Waals surface area (Å²) >= 11 is 6.75. The standard InChI is InChI=1S/C31H35ClN2O5/c1-31(2,3)39-30(36)34-18-10-15-24(34)19-33-29(35)25-16-17-26(37-20-22-11-6-4-7-12-22)28(27(25)32)38-21-23-13-8-5-9-14-23/h4-9,11-14,16-17,24H,10,15,18-21H2,1-3H3,(H,33,35). The van der Waals surface area contributed by atoms with E-state index in [4.69, 9.17) is 25.8 Å². The summed E-state index contributed by atoms with van der Waals surface area (Å²) in [6, 6.07) is 22.7. The molecule has 1 fully saturated rings. The zero-order valence-corrected chi connectivity index (χ0v) is 23.4. The minimum absolute atomic E-state index is 0.148. The molecule has 1 unspecified atom stereocenters. The number of likely N-dealkylation sites (tertiary alicyclic amines) is 1. The number of benzene rings is 3. The Bertz CT molecular complexity index is 1260. The topological polar surface area (TPSA) is 77.1 Å². The molecule has 1 atom stereocenters. The van der Waals surface area contributed by atoms with Gasteiger partial charge in [0.1, 0.15) is 18.8 Å². The van der Waals surface area contributed by atoms with Crippen LogP contribution >= 0.6 is 11.6 Å². The predicted octanol–water partition coefficient (Wildman–Crippen LogP) is 6.63. The molecular weight excluding hydrogens is 516 g/mol. The molecule has 8 heteroatoms. The van der Waals surface area contributed by atoms with E-state index in [1.165, 1.54) is 0 Å². The first kappa shape index (κ1) is 28.3. The van der Waals surface area contributed by atoms with Gasteiger partial charge in [-0.1, -0.05) is 72.3 Å². The number of hydrogen-bond donors (Lipinski definition) is 1. The lowest BCUT2D eigenvalue weighted by Crippen LogP contribution is -2.45. The van der Waals surface area contributed by atoms with E-state index in [1.54, 1.807) is 17.0 Å². The van der Waals surface area contributed by atoms with Gasteiger partial charge >= 0.3 is 6.09 Å². The van der Waals surface area contributed by atoms with Crippen molar-refractivity contribution in [1.82, 2.24) is 10.2 Å². The van der Waals surface area contributed by atoms with E-state index in [0.717, 1.165) is 24.0 Å². The zero-order chi connectivity index (χ0) is 27.8. The SMILES string of the molecule is CC(C)(C)OC(=O)N1CCCC1CNC(=O)c1ccc(OCc2ccccc2)c(OCc2ccccc2)c1Cl. The van der Waals surface area contributed by atoms with Crippen molar-refractivity contribution >= 4 is 23.6 Å². The molecule has 1 aliphatic rings. The average molecular weight is 551 g/mol. The lowest BCUT2D eigenvalue weighted by atomic mass is 10.1. The summed E-state index contributed by atoms with van der Waals surface area (Å²) in [5, 5.41) is 3.11. The molecule has 0 aliphatic carbocycles. The van der Waals surface area contributed by atoms with Crippen LogP contribution in [0.4, 0.5) is 4.79 Å². The van der Waals surface area contributed by atoms with Gasteiger partial charge in [0.2, 0.25) is 0 Å². The Hall–Kier alpha value is -3.71. The first-order valence-corrected chi connectivity index (χ1v) is 13.5. The highest BCUT2D eigenvalue weighted by Crippen LogP contribution is 2.39. The van der Waals surface area contributed by atoms with Crippen molar-refractivity contribution in [3.8, 4) is 11.5 Å². The molecule has 3 aromatic rings. The second kappa shape index (κ2) is 12.9. The highest BCUT2D eigenvalue weighted by Gasteiger charge is 2.32. The van der Waals surface area contributed by atoms with Crippen LogP contribution in [-0.2, 0) is 18.0 Å². The Morgan fingerprint density at radius 2 is 1.54 bits per heavy atom. The van der Waals surface area contributed by atoms with Gasteiger partial charge in [0.05, 0.1) is 16.6 Å². The molecule has 1 heterocycles. The normalized spacial score (nSPS) is 15.1. The van der Waals surface area contributed by atoms with Crippen LogP contribution in [0.3, 0.4) is 0 Å². The fourth-order valence-electron chi connectivity index (χ4n) is 4.34. The van der Waals surface area contributed by atoms with Gasteiger partial charge in [-0.25, -0.2) is 4.79 Å². The van der Waals surface area contributed by atoms with Gasteiger partial charge in [0.15, 0.2) is 11.5 Å². The number of nitrogens with zero attached hydrogens (tertiary/aromatic N) is 1. The Morgan fingerprint density at radius 3 is 2.15 bits per heavy atom. The Labute approximate surface area is 235 Å². The summed E-state index contributed by atoms with van der Waals surface area (Å²) < 4.78 is 17.7. The van der Waals surface area contributed by atoms with Crippen molar-refractivity contribution in [3.63, 3.8) is 0 Å². The Balaban J connectivity index is 1.48. The van der Waals surface area contributed by atoms with Crippen LogP contribution in [0.15, 0.2) is 72.8 Å². The van der Waals surface area contributed by atoms with E-state index in [-0.39, 0.29) is 35.2 Å². The third-order valence-electron chi connectivity index (χ3n) is 6.27. The van der Waals surface area contributed by atoms with E-state index < -0.39 is 5.60 Å². The van der Waals surface area contributed by atoms with Crippen molar-refractivity contribution in [2.45, 2.75) is 58.5 Å². The van der Waals surface area contributed by atoms with Gasteiger partial charge in [-0.2, -0.15) is 0 Å². The van der Waals surface area contributed by atoms with Gasteiger partial charge in [0, 0.05) is 13.1 Å². The van der Waals surface area contributed by atoms with Crippen molar-refractivity contribution in [2.75, 3.05) is 13.1 Å². The first-order valence-electron chi connectivity index (χ1n) is 13.1. The molecule has 3 aromatic carbocycles. The second-order valence-electron chi connectivity index (χ2n) is 10.5. The van der Waals surface area contributed by atoms with Crippen molar-refractivity contribution in [3.05, 3.63) is 94.5 Å². The maximum Gasteiger partial charge on any atom is 0.410 e. The summed E-state index contributed by atoms with van der Waals surface area (Å²) in [5.41, 5.74) is 1.65. The maximum atomic E-state index is 13.2. The quantitative estimate of drug-likeness (QED) is 0.324. The van der Waals surface area contributed by atoms with Crippen molar-refractivity contribution < 1.29 is 23.8 Å². The lowest BCUT2D eigenvalue weighted by Gasteiger charge is -2.28. The minimum atomic E-state index is -0.582. The number of nitrogens with one attached hydrogen (secondary N) is 1. The molecule has 0 saturated carbocycles. The maximum absolute atomic E-state index is 13.2. The first-order chi connectivity index (χ1) is 18.7. The van der Waals surface area contributed by atoms with Gasteiger partial charge in [-0.05, 0) is 56.9 Å². The Morgan fingerprint density at radius 1 is 0.923 bits per heavy atom. The number of rotatable bonds is 9. The van der Waals surface area contributed by atoms with E-state index in [0.29, 0.717) is 31.2 Å². The van der Waals surface area contributed by atoms with E-state index in [1.807, 2.05) is 81.4 Å². The molecule has 4 rings (SSSR count). The molecule has 2 amide bonds. The molecule has 0 radical (unpaired) electrons. The number of halogens is 1. The summed E-state index contributed by atoms with van der Waals surface area (Å²) in [4.78, 5) is 27.5. The largest absolute Gasteiger partial charge is 0.485 e. The third-order valence-corrected chi connectivity index (χ3v) is 6.65. The molecule has 1 aliphatic heterocycles. The average Bonchev–Trinajstić information content (AvgIpc) is 3.39. The number of hydrogen-bond acceptors (Lipinski definition) is 5. The minimum Gasteiger partial charge on any atom is -0.485 e. The van der Waals surface area contributed by atoms with Crippen molar-refractivity contribution in [1.29, 1.82) is 0 Å². The van der Waals surface area contributed by atoms with E-state index in [9.17, 15) is 9.59 Å². The highest BCUT2D eigenvalue weighted by molar-refractivity contribution is 6.35. The molecule has 0 spiro atoms. The summed E-state index contributed by atoms with van der Waals surface area (Å²) in [6.45, 7) is 6.99.